The van der Waals surface area contributed by atoms with Gasteiger partial charge in [0.1, 0.15) is 0 Å². The lowest BCUT2D eigenvalue weighted by atomic mass is 10.0. The van der Waals surface area contributed by atoms with E-state index in [1.165, 1.54) is 0 Å². The molecule has 1 amide bonds. The van der Waals surface area contributed by atoms with E-state index in [2.05, 4.69) is 17.9 Å². The van der Waals surface area contributed by atoms with Gasteiger partial charge >= 0.3 is 0 Å². The van der Waals surface area contributed by atoms with Crippen LogP contribution in [0.2, 0.25) is 0 Å². The Bertz CT molecular complexity index is 609. The topological polar surface area (TPSA) is 56.6 Å². The van der Waals surface area contributed by atoms with E-state index in [0.29, 0.717) is 30.3 Å². The van der Waals surface area contributed by atoms with Gasteiger partial charge < -0.3 is 9.64 Å². The Morgan fingerprint density at radius 2 is 2.26 bits per heavy atom. The first kappa shape index (κ1) is 16.0. The number of hydrogen-bond acceptors (Lipinski definition) is 4. The molecule has 3 rings (SSSR count). The summed E-state index contributed by atoms with van der Waals surface area (Å²) in [6, 6.07) is 9.81. The minimum absolute atomic E-state index is 0.0133. The van der Waals surface area contributed by atoms with Crippen LogP contribution in [-0.2, 0) is 4.74 Å². The number of fused-ring (bicyclic) bond motifs is 1. The fourth-order valence-electron chi connectivity index (χ4n) is 3.61. The van der Waals surface area contributed by atoms with Crippen LogP contribution in [0.4, 0.5) is 0 Å². The fraction of sp³-hybridized carbons (Fsp3) is 0.556. The number of nitrogens with zero attached hydrogens (tertiary/aromatic N) is 3. The van der Waals surface area contributed by atoms with Gasteiger partial charge in [-0.15, -0.1) is 0 Å². The molecule has 0 bridgehead atoms. The molecule has 5 heteroatoms. The molecule has 2 saturated heterocycles. The molecule has 2 aliphatic rings. The summed E-state index contributed by atoms with van der Waals surface area (Å²) < 4.78 is 5.75. The lowest BCUT2D eigenvalue weighted by Crippen LogP contribution is -2.62. The third-order valence-electron chi connectivity index (χ3n) is 4.77. The molecule has 0 N–H and O–H groups in total. The number of ether oxygens (including phenoxy) is 1. The Kier molecular flexibility index (Phi) is 4.94. The van der Waals surface area contributed by atoms with Gasteiger partial charge in [0.05, 0.1) is 30.9 Å². The highest BCUT2D eigenvalue weighted by Crippen LogP contribution is 2.22. The molecule has 0 saturated carbocycles. The summed E-state index contributed by atoms with van der Waals surface area (Å²) in [6.07, 6.45) is 2.30. The molecule has 0 aromatic heterocycles. The van der Waals surface area contributed by atoms with E-state index in [-0.39, 0.29) is 11.9 Å². The van der Waals surface area contributed by atoms with Crippen LogP contribution in [-0.4, -0.2) is 60.6 Å². The predicted octanol–water partition coefficient (Wildman–Crippen LogP) is 1.88. The molecule has 0 radical (unpaired) electrons. The molecule has 2 atom stereocenters. The number of rotatable bonds is 3. The smallest absolute Gasteiger partial charge is 0.253 e. The van der Waals surface area contributed by atoms with Crippen molar-refractivity contribution in [2.75, 3.05) is 32.8 Å². The number of carbonyl (C=O) groups excluding carboxylic acids is 1. The summed E-state index contributed by atoms with van der Waals surface area (Å²) in [5.74, 6) is 0.0133. The lowest BCUT2D eigenvalue weighted by molar-refractivity contribution is -0.0776. The second-order valence-corrected chi connectivity index (χ2v) is 6.32. The largest absolute Gasteiger partial charge is 0.378 e. The summed E-state index contributed by atoms with van der Waals surface area (Å²) in [6.45, 7) is 6.06. The zero-order chi connectivity index (χ0) is 16.2. The lowest BCUT2D eigenvalue weighted by Gasteiger charge is -2.48. The quantitative estimate of drug-likeness (QED) is 0.855. The molecule has 0 spiro atoms. The highest BCUT2D eigenvalue weighted by molar-refractivity contribution is 5.94. The minimum Gasteiger partial charge on any atom is -0.378 e. The molecule has 122 valence electrons. The minimum atomic E-state index is 0.0133. The number of amides is 1. The average molecular weight is 313 g/mol. The van der Waals surface area contributed by atoms with Gasteiger partial charge in [-0.25, -0.2) is 0 Å². The second-order valence-electron chi connectivity index (χ2n) is 6.32. The SMILES string of the molecule is CCC[C@H]1COC[C@H]2CN(C(=O)c3cccc(C#N)c3)CCN12. The van der Waals surface area contributed by atoms with E-state index in [4.69, 9.17) is 10.00 Å². The molecule has 5 nitrogen and oxygen atoms in total. The van der Waals surface area contributed by atoms with E-state index in [0.717, 1.165) is 32.5 Å². The van der Waals surface area contributed by atoms with Crippen LogP contribution < -0.4 is 0 Å². The number of morpholine rings is 1. The first-order valence-corrected chi connectivity index (χ1v) is 8.36. The van der Waals surface area contributed by atoms with Crippen LogP contribution >= 0.6 is 0 Å². The van der Waals surface area contributed by atoms with Crippen molar-refractivity contribution in [1.29, 1.82) is 5.26 Å². The number of piperazine rings is 1. The molecule has 2 heterocycles. The Balaban J connectivity index is 1.69. The van der Waals surface area contributed by atoms with E-state index in [9.17, 15) is 4.79 Å². The Morgan fingerprint density at radius 1 is 1.39 bits per heavy atom. The van der Waals surface area contributed by atoms with E-state index < -0.39 is 0 Å². The molecule has 1 aromatic rings. The zero-order valence-electron chi connectivity index (χ0n) is 13.6. The zero-order valence-corrected chi connectivity index (χ0v) is 13.6. The van der Waals surface area contributed by atoms with E-state index in [1.807, 2.05) is 4.90 Å². The standard InChI is InChI=1S/C18H23N3O2/c1-2-4-16-12-23-13-17-11-20(7-8-21(16)17)18(22)15-6-3-5-14(9-15)10-19/h3,5-6,9,16-17H,2,4,7-8,11-13H2,1H3/t16-,17+/m0/s1. The molecule has 0 unspecified atom stereocenters. The van der Waals surface area contributed by atoms with Crippen LogP contribution in [0, 0.1) is 11.3 Å². The first-order chi connectivity index (χ1) is 11.2. The molecule has 23 heavy (non-hydrogen) atoms. The molecule has 2 aliphatic heterocycles. The number of hydrogen-bond donors (Lipinski definition) is 0. The molecule has 1 aromatic carbocycles. The van der Waals surface area contributed by atoms with Crippen molar-refractivity contribution in [3.05, 3.63) is 35.4 Å². The summed E-state index contributed by atoms with van der Waals surface area (Å²) in [5.41, 5.74) is 1.12. The molecular formula is C18H23N3O2. The fourth-order valence-corrected chi connectivity index (χ4v) is 3.61. The van der Waals surface area contributed by atoms with E-state index >= 15 is 0 Å². The summed E-state index contributed by atoms with van der Waals surface area (Å²) in [7, 11) is 0. The predicted molar refractivity (Wildman–Crippen MR) is 87.1 cm³/mol. The average Bonchev–Trinajstić information content (AvgIpc) is 2.61. The van der Waals surface area contributed by atoms with Crippen molar-refractivity contribution in [2.45, 2.75) is 31.8 Å². The van der Waals surface area contributed by atoms with Crippen molar-refractivity contribution >= 4 is 5.91 Å². The molecule has 0 aliphatic carbocycles. The van der Waals surface area contributed by atoms with Crippen molar-refractivity contribution in [1.82, 2.24) is 9.80 Å². The van der Waals surface area contributed by atoms with E-state index in [1.54, 1.807) is 24.3 Å². The van der Waals surface area contributed by atoms with Gasteiger partial charge in [0.2, 0.25) is 0 Å². The van der Waals surface area contributed by atoms with Crippen molar-refractivity contribution in [3.63, 3.8) is 0 Å². The van der Waals surface area contributed by atoms with Crippen LogP contribution in [0.25, 0.3) is 0 Å². The maximum absolute atomic E-state index is 12.7. The van der Waals surface area contributed by atoms with Gasteiger partial charge in [-0.3, -0.25) is 9.69 Å². The van der Waals surface area contributed by atoms with Crippen LogP contribution in [0.1, 0.15) is 35.7 Å². The van der Waals surface area contributed by atoms with Gasteiger partial charge in [0, 0.05) is 31.2 Å². The number of carbonyl (C=O) groups is 1. The van der Waals surface area contributed by atoms with Crippen LogP contribution in [0.15, 0.2) is 24.3 Å². The normalized spacial score (nSPS) is 24.8. The van der Waals surface area contributed by atoms with Crippen LogP contribution in [0.3, 0.4) is 0 Å². The Morgan fingerprint density at radius 3 is 3.04 bits per heavy atom. The summed E-state index contributed by atoms with van der Waals surface area (Å²) in [5, 5.41) is 8.99. The summed E-state index contributed by atoms with van der Waals surface area (Å²) in [4.78, 5) is 17.1. The third-order valence-corrected chi connectivity index (χ3v) is 4.77. The highest BCUT2D eigenvalue weighted by Gasteiger charge is 2.36. The van der Waals surface area contributed by atoms with Crippen molar-refractivity contribution < 1.29 is 9.53 Å². The van der Waals surface area contributed by atoms with Gasteiger partial charge in [-0.1, -0.05) is 19.4 Å². The number of nitriles is 1. The van der Waals surface area contributed by atoms with Gasteiger partial charge in [0.15, 0.2) is 0 Å². The van der Waals surface area contributed by atoms with Crippen LogP contribution in [0.5, 0.6) is 0 Å². The molecule has 2 fully saturated rings. The van der Waals surface area contributed by atoms with Crippen molar-refractivity contribution in [2.24, 2.45) is 0 Å². The van der Waals surface area contributed by atoms with Gasteiger partial charge in [-0.2, -0.15) is 5.26 Å². The first-order valence-electron chi connectivity index (χ1n) is 8.36. The van der Waals surface area contributed by atoms with Gasteiger partial charge in [-0.05, 0) is 24.6 Å². The third kappa shape index (κ3) is 3.39. The highest BCUT2D eigenvalue weighted by atomic mass is 16.5. The monoisotopic (exact) mass is 313 g/mol. The maximum atomic E-state index is 12.7. The Hall–Kier alpha value is -1.90. The Labute approximate surface area is 137 Å². The number of benzene rings is 1. The summed E-state index contributed by atoms with van der Waals surface area (Å²) >= 11 is 0. The van der Waals surface area contributed by atoms with Crippen molar-refractivity contribution in [3.8, 4) is 6.07 Å². The van der Waals surface area contributed by atoms with Gasteiger partial charge in [0.25, 0.3) is 5.91 Å². The maximum Gasteiger partial charge on any atom is 0.253 e. The molecular weight excluding hydrogens is 290 g/mol. The second kappa shape index (κ2) is 7.12.